The Morgan fingerprint density at radius 3 is 2.82 bits per heavy atom. The summed E-state index contributed by atoms with van der Waals surface area (Å²) < 4.78 is 9.94. The second kappa shape index (κ2) is 4.56. The van der Waals surface area contributed by atoms with Crippen LogP contribution in [0.15, 0.2) is 34.9 Å². The lowest BCUT2D eigenvalue weighted by Gasteiger charge is -2.04. The fraction of sp³-hybridized carbons (Fsp3) is 0.0909. The Labute approximate surface area is 96.1 Å². The van der Waals surface area contributed by atoms with E-state index in [1.807, 2.05) is 0 Å². The third kappa shape index (κ3) is 2.54. The summed E-state index contributed by atoms with van der Waals surface area (Å²) in [5.74, 6) is -1.32. The molecule has 0 spiro atoms. The predicted octanol–water partition coefficient (Wildman–Crippen LogP) is 1.66. The van der Waals surface area contributed by atoms with Gasteiger partial charge in [0.05, 0.1) is 0 Å². The minimum Gasteiger partial charge on any atom is -0.504 e. The molecule has 0 unspecified atom stereocenters. The van der Waals surface area contributed by atoms with Crippen LogP contribution >= 0.6 is 0 Å². The molecule has 6 heteroatoms. The molecule has 2 aromatic rings. The van der Waals surface area contributed by atoms with E-state index in [0.29, 0.717) is 11.4 Å². The van der Waals surface area contributed by atoms with Crippen LogP contribution in [0.2, 0.25) is 0 Å². The first-order chi connectivity index (χ1) is 8.16. The molecular weight excluding hydrogens is 226 g/mol. The van der Waals surface area contributed by atoms with Crippen molar-refractivity contribution in [1.29, 1.82) is 0 Å². The number of phenols is 1. The summed E-state index contributed by atoms with van der Waals surface area (Å²) in [4.78, 5) is 14.2. The first-order valence-corrected chi connectivity index (χ1v) is 4.75. The maximum absolute atomic E-state index is 10.5. The summed E-state index contributed by atoms with van der Waals surface area (Å²) in [6.07, 6.45) is 1.20. The van der Waals surface area contributed by atoms with Gasteiger partial charge in [-0.15, -0.1) is 0 Å². The number of para-hydroxylation sites is 2. The van der Waals surface area contributed by atoms with E-state index in [-0.39, 0.29) is 18.2 Å². The average Bonchev–Trinajstić information content (AvgIpc) is 2.77. The van der Waals surface area contributed by atoms with Gasteiger partial charge in [-0.25, -0.2) is 9.78 Å². The number of benzene rings is 1. The van der Waals surface area contributed by atoms with Gasteiger partial charge in [0.25, 0.3) is 0 Å². The summed E-state index contributed by atoms with van der Waals surface area (Å²) in [5, 5.41) is 18.0. The zero-order valence-electron chi connectivity index (χ0n) is 8.66. The van der Waals surface area contributed by atoms with E-state index in [0.717, 1.165) is 0 Å². The number of aromatic carboxylic acids is 1. The predicted molar refractivity (Wildman–Crippen MR) is 55.9 cm³/mol. The number of nitrogens with zero attached hydrogens (tertiary/aromatic N) is 1. The topological polar surface area (TPSA) is 92.8 Å². The number of rotatable bonds is 4. The van der Waals surface area contributed by atoms with Crippen molar-refractivity contribution in [3.8, 4) is 11.5 Å². The lowest BCUT2D eigenvalue weighted by atomic mass is 10.3. The first-order valence-electron chi connectivity index (χ1n) is 4.75. The summed E-state index contributed by atoms with van der Waals surface area (Å²) in [5.41, 5.74) is 0.339. The molecule has 0 radical (unpaired) electrons. The van der Waals surface area contributed by atoms with E-state index in [4.69, 9.17) is 14.3 Å². The molecule has 0 atom stereocenters. The fourth-order valence-electron chi connectivity index (χ4n) is 1.20. The molecule has 2 N–H and O–H groups in total. The normalized spacial score (nSPS) is 10.1. The third-order valence-corrected chi connectivity index (χ3v) is 1.98. The van der Waals surface area contributed by atoms with Crippen molar-refractivity contribution in [2.45, 2.75) is 6.61 Å². The van der Waals surface area contributed by atoms with Gasteiger partial charge in [0.15, 0.2) is 11.5 Å². The lowest BCUT2D eigenvalue weighted by molar-refractivity contribution is 0.0653. The maximum Gasteiger partial charge on any atom is 0.392 e. The van der Waals surface area contributed by atoms with E-state index < -0.39 is 5.97 Å². The van der Waals surface area contributed by atoms with Crippen LogP contribution < -0.4 is 4.74 Å². The molecule has 17 heavy (non-hydrogen) atoms. The van der Waals surface area contributed by atoms with Gasteiger partial charge < -0.3 is 19.4 Å². The van der Waals surface area contributed by atoms with Crippen molar-refractivity contribution < 1.29 is 24.2 Å². The van der Waals surface area contributed by atoms with Crippen LogP contribution in [0.3, 0.4) is 0 Å². The fourth-order valence-corrected chi connectivity index (χ4v) is 1.20. The van der Waals surface area contributed by atoms with Crippen LogP contribution in [0.5, 0.6) is 11.5 Å². The molecule has 0 amide bonds. The van der Waals surface area contributed by atoms with Gasteiger partial charge in [-0.05, 0) is 12.1 Å². The standard InChI is InChI=1S/C11H9NO5/c13-8-3-1-2-4-9(8)16-5-7-6-17-10(12-7)11(14)15/h1-4,6,13H,5H2,(H,14,15). The Kier molecular flexibility index (Phi) is 2.95. The zero-order chi connectivity index (χ0) is 12.3. The highest BCUT2D eigenvalue weighted by atomic mass is 16.5. The minimum atomic E-state index is -1.24. The van der Waals surface area contributed by atoms with Crippen LogP contribution in [0.4, 0.5) is 0 Å². The largest absolute Gasteiger partial charge is 0.504 e. The molecule has 6 nitrogen and oxygen atoms in total. The van der Waals surface area contributed by atoms with Crippen LogP contribution in [0.1, 0.15) is 16.4 Å². The molecule has 0 saturated heterocycles. The summed E-state index contributed by atoms with van der Waals surface area (Å²) >= 11 is 0. The average molecular weight is 235 g/mol. The SMILES string of the molecule is O=C(O)c1nc(COc2ccccc2O)co1. The molecule has 1 aromatic carbocycles. The Balaban J connectivity index is 2.02. The minimum absolute atomic E-state index is 0.00875. The van der Waals surface area contributed by atoms with E-state index >= 15 is 0 Å². The van der Waals surface area contributed by atoms with Gasteiger partial charge >= 0.3 is 11.9 Å². The number of hydrogen-bond acceptors (Lipinski definition) is 5. The number of carbonyl (C=O) groups is 1. The molecular formula is C11H9NO5. The number of carboxylic acid groups (broad SMARTS) is 1. The molecule has 1 heterocycles. The van der Waals surface area contributed by atoms with Gasteiger partial charge in [-0.2, -0.15) is 0 Å². The van der Waals surface area contributed by atoms with Crippen molar-refractivity contribution in [3.05, 3.63) is 42.1 Å². The van der Waals surface area contributed by atoms with Crippen molar-refractivity contribution in [1.82, 2.24) is 4.98 Å². The molecule has 0 fully saturated rings. The van der Waals surface area contributed by atoms with Crippen LogP contribution in [-0.4, -0.2) is 21.2 Å². The number of hydrogen-bond donors (Lipinski definition) is 2. The molecule has 2 rings (SSSR count). The number of carboxylic acids is 1. The lowest BCUT2D eigenvalue weighted by Crippen LogP contribution is -1.99. The Morgan fingerprint density at radius 2 is 2.18 bits per heavy atom. The van der Waals surface area contributed by atoms with E-state index in [9.17, 15) is 9.90 Å². The molecule has 0 aliphatic carbocycles. The number of aromatic nitrogens is 1. The second-order valence-corrected chi connectivity index (χ2v) is 3.21. The highest BCUT2D eigenvalue weighted by Gasteiger charge is 2.11. The summed E-state index contributed by atoms with van der Waals surface area (Å²) in [6, 6.07) is 6.45. The van der Waals surface area contributed by atoms with Crippen molar-refractivity contribution in [2.75, 3.05) is 0 Å². The molecule has 88 valence electrons. The quantitative estimate of drug-likeness (QED) is 0.837. The van der Waals surface area contributed by atoms with E-state index in [1.165, 1.54) is 12.3 Å². The van der Waals surface area contributed by atoms with Crippen LogP contribution in [0, 0.1) is 0 Å². The Bertz CT molecular complexity index is 534. The van der Waals surface area contributed by atoms with E-state index in [2.05, 4.69) is 4.98 Å². The van der Waals surface area contributed by atoms with Gasteiger partial charge in [-0.1, -0.05) is 12.1 Å². The smallest absolute Gasteiger partial charge is 0.392 e. The second-order valence-electron chi connectivity index (χ2n) is 3.21. The summed E-state index contributed by atoms with van der Waals surface area (Å²) in [6.45, 7) is 0.0222. The van der Waals surface area contributed by atoms with Gasteiger partial charge in [0, 0.05) is 0 Å². The molecule has 1 aromatic heterocycles. The van der Waals surface area contributed by atoms with E-state index in [1.54, 1.807) is 18.2 Å². The number of phenolic OH excluding ortho intramolecular Hbond substituents is 1. The maximum atomic E-state index is 10.5. The zero-order valence-corrected chi connectivity index (χ0v) is 8.66. The molecule has 0 aliphatic heterocycles. The monoisotopic (exact) mass is 235 g/mol. The number of oxazole rings is 1. The van der Waals surface area contributed by atoms with Gasteiger partial charge in [-0.3, -0.25) is 0 Å². The van der Waals surface area contributed by atoms with Gasteiger partial charge in [0.2, 0.25) is 0 Å². The van der Waals surface area contributed by atoms with Crippen molar-refractivity contribution in [2.24, 2.45) is 0 Å². The highest BCUT2D eigenvalue weighted by molar-refractivity contribution is 5.82. The Morgan fingerprint density at radius 1 is 1.41 bits per heavy atom. The van der Waals surface area contributed by atoms with Crippen LogP contribution in [0.25, 0.3) is 0 Å². The molecule has 0 aliphatic rings. The molecule has 0 saturated carbocycles. The number of aromatic hydroxyl groups is 1. The Hall–Kier alpha value is -2.50. The van der Waals surface area contributed by atoms with Crippen molar-refractivity contribution >= 4 is 5.97 Å². The van der Waals surface area contributed by atoms with Crippen LogP contribution in [-0.2, 0) is 6.61 Å². The van der Waals surface area contributed by atoms with Gasteiger partial charge in [0.1, 0.15) is 18.6 Å². The summed E-state index contributed by atoms with van der Waals surface area (Å²) in [7, 11) is 0. The van der Waals surface area contributed by atoms with Crippen molar-refractivity contribution in [3.63, 3.8) is 0 Å². The number of ether oxygens (including phenoxy) is 1. The third-order valence-electron chi connectivity index (χ3n) is 1.98. The highest BCUT2D eigenvalue weighted by Crippen LogP contribution is 2.25. The first kappa shape index (κ1) is 11.0. The molecule has 0 bridgehead atoms.